The number of nitrogens with zero attached hydrogens (tertiary/aromatic N) is 2. The summed E-state index contributed by atoms with van der Waals surface area (Å²) in [4.78, 5) is 40.0. The number of hydrogen-bond donors (Lipinski definition) is 1. The second kappa shape index (κ2) is 8.03. The first-order valence-corrected chi connectivity index (χ1v) is 8.91. The predicted octanol–water partition coefficient (Wildman–Crippen LogP) is 2.22. The molecule has 0 aromatic heterocycles. The largest absolute Gasteiger partial charge is 0.478 e. The van der Waals surface area contributed by atoms with Crippen LogP contribution in [-0.4, -0.2) is 58.9 Å². The van der Waals surface area contributed by atoms with Crippen LogP contribution in [-0.2, 0) is 11.2 Å². The molecule has 6 nitrogen and oxygen atoms in total. The Balaban J connectivity index is 1.62. The summed E-state index contributed by atoms with van der Waals surface area (Å²) in [7, 11) is 0. The van der Waals surface area contributed by atoms with Crippen LogP contribution in [0.4, 0.5) is 0 Å². The van der Waals surface area contributed by atoms with Crippen LogP contribution in [0.1, 0.15) is 31.8 Å². The van der Waals surface area contributed by atoms with E-state index in [9.17, 15) is 19.5 Å². The molecule has 0 unspecified atom stereocenters. The van der Waals surface area contributed by atoms with Crippen molar-refractivity contribution in [2.45, 2.75) is 13.3 Å². The summed E-state index contributed by atoms with van der Waals surface area (Å²) in [5, 5.41) is 9.27. The van der Waals surface area contributed by atoms with Gasteiger partial charge >= 0.3 is 5.97 Å². The lowest BCUT2D eigenvalue weighted by Gasteiger charge is -2.35. The van der Waals surface area contributed by atoms with Crippen LogP contribution >= 0.6 is 0 Å². The fourth-order valence-electron chi connectivity index (χ4n) is 3.27. The van der Waals surface area contributed by atoms with E-state index in [0.717, 1.165) is 11.1 Å². The SMILES string of the molecule is Cc1ccccc1CC(=O)N1CCN(C(=O)c2ccccc2C(=O)O)CC1. The van der Waals surface area contributed by atoms with Crippen LogP contribution in [0.5, 0.6) is 0 Å². The minimum absolute atomic E-state index is 0.000517. The molecule has 0 aliphatic carbocycles. The molecule has 0 spiro atoms. The van der Waals surface area contributed by atoms with Gasteiger partial charge in [0.1, 0.15) is 0 Å². The van der Waals surface area contributed by atoms with Crippen LogP contribution in [0.15, 0.2) is 48.5 Å². The van der Waals surface area contributed by atoms with Gasteiger partial charge in [-0.2, -0.15) is 0 Å². The van der Waals surface area contributed by atoms with Gasteiger partial charge in [-0.1, -0.05) is 36.4 Å². The molecule has 1 fully saturated rings. The quantitative estimate of drug-likeness (QED) is 0.900. The molecule has 0 bridgehead atoms. The molecule has 2 amide bonds. The Hall–Kier alpha value is -3.15. The molecule has 0 saturated carbocycles. The molecule has 2 aromatic rings. The first-order valence-electron chi connectivity index (χ1n) is 8.91. The summed E-state index contributed by atoms with van der Waals surface area (Å²) in [6.45, 7) is 3.68. The molecule has 0 radical (unpaired) electrons. The molecule has 0 atom stereocenters. The number of piperazine rings is 1. The van der Waals surface area contributed by atoms with Gasteiger partial charge in [0, 0.05) is 26.2 Å². The number of rotatable bonds is 4. The van der Waals surface area contributed by atoms with Crippen molar-refractivity contribution in [1.82, 2.24) is 9.80 Å². The van der Waals surface area contributed by atoms with Crippen molar-refractivity contribution in [3.05, 3.63) is 70.8 Å². The monoisotopic (exact) mass is 366 g/mol. The summed E-state index contributed by atoms with van der Waals surface area (Å²) in [6.07, 6.45) is 0.350. The van der Waals surface area contributed by atoms with Crippen molar-refractivity contribution in [1.29, 1.82) is 0 Å². The Kier molecular flexibility index (Phi) is 5.54. The van der Waals surface area contributed by atoms with Crippen LogP contribution in [0, 0.1) is 6.92 Å². The third-order valence-corrected chi connectivity index (χ3v) is 4.91. The molecular weight excluding hydrogens is 344 g/mol. The van der Waals surface area contributed by atoms with E-state index in [1.54, 1.807) is 21.9 Å². The highest BCUT2D eigenvalue weighted by Crippen LogP contribution is 2.15. The Morgan fingerprint density at radius 2 is 1.41 bits per heavy atom. The van der Waals surface area contributed by atoms with Crippen molar-refractivity contribution in [2.24, 2.45) is 0 Å². The number of hydrogen-bond acceptors (Lipinski definition) is 3. The zero-order valence-corrected chi connectivity index (χ0v) is 15.2. The van der Waals surface area contributed by atoms with Crippen molar-refractivity contribution in [3.63, 3.8) is 0 Å². The second-order valence-corrected chi connectivity index (χ2v) is 6.63. The van der Waals surface area contributed by atoms with Gasteiger partial charge in [-0.25, -0.2) is 4.79 Å². The summed E-state index contributed by atoms with van der Waals surface area (Å²) in [5.74, 6) is -1.38. The summed E-state index contributed by atoms with van der Waals surface area (Å²) in [5.41, 5.74) is 2.28. The molecule has 1 N–H and O–H groups in total. The van der Waals surface area contributed by atoms with Crippen LogP contribution in [0.25, 0.3) is 0 Å². The number of carboxylic acids is 1. The average Bonchev–Trinajstić information content (AvgIpc) is 2.69. The number of carbonyl (C=O) groups excluding carboxylic acids is 2. The van der Waals surface area contributed by atoms with Crippen molar-refractivity contribution >= 4 is 17.8 Å². The van der Waals surface area contributed by atoms with Gasteiger partial charge in [-0.3, -0.25) is 9.59 Å². The number of benzene rings is 2. The van der Waals surface area contributed by atoms with Crippen LogP contribution in [0.2, 0.25) is 0 Å². The van der Waals surface area contributed by atoms with Gasteiger partial charge < -0.3 is 14.9 Å². The Morgan fingerprint density at radius 3 is 2.04 bits per heavy atom. The number of carboxylic acid groups (broad SMARTS) is 1. The minimum Gasteiger partial charge on any atom is -0.478 e. The predicted molar refractivity (Wildman–Crippen MR) is 101 cm³/mol. The van der Waals surface area contributed by atoms with Crippen molar-refractivity contribution in [2.75, 3.05) is 26.2 Å². The lowest BCUT2D eigenvalue weighted by atomic mass is 10.0. The molecule has 140 valence electrons. The lowest BCUT2D eigenvalue weighted by molar-refractivity contribution is -0.131. The second-order valence-electron chi connectivity index (χ2n) is 6.63. The molecule has 1 aliphatic heterocycles. The van der Waals surface area contributed by atoms with E-state index in [-0.39, 0.29) is 22.9 Å². The maximum absolute atomic E-state index is 12.7. The van der Waals surface area contributed by atoms with Crippen molar-refractivity contribution in [3.8, 4) is 0 Å². The van der Waals surface area contributed by atoms with Gasteiger partial charge in [-0.15, -0.1) is 0 Å². The standard InChI is InChI=1S/C21H22N2O4/c1-15-6-2-3-7-16(15)14-19(24)22-10-12-23(13-11-22)20(25)17-8-4-5-9-18(17)21(26)27/h2-9H,10-14H2,1H3,(H,26,27). The van der Waals surface area contributed by atoms with Crippen molar-refractivity contribution < 1.29 is 19.5 Å². The number of carbonyl (C=O) groups is 3. The molecule has 2 aromatic carbocycles. The zero-order chi connectivity index (χ0) is 19.4. The number of aromatic carboxylic acids is 1. The number of amides is 2. The highest BCUT2D eigenvalue weighted by atomic mass is 16.4. The first kappa shape index (κ1) is 18.6. The van der Waals surface area contributed by atoms with Gasteiger partial charge in [0.05, 0.1) is 17.5 Å². The van der Waals surface area contributed by atoms with E-state index in [1.165, 1.54) is 12.1 Å². The third kappa shape index (κ3) is 4.16. The molecule has 1 aliphatic rings. The minimum atomic E-state index is -1.12. The molecule has 6 heteroatoms. The Labute approximate surface area is 158 Å². The van der Waals surface area contributed by atoms with E-state index < -0.39 is 5.97 Å². The van der Waals surface area contributed by atoms with E-state index >= 15 is 0 Å². The highest BCUT2D eigenvalue weighted by molar-refractivity contribution is 6.04. The summed E-state index contributed by atoms with van der Waals surface area (Å²) < 4.78 is 0. The van der Waals surface area contributed by atoms with Gasteiger partial charge in [-0.05, 0) is 30.2 Å². The average molecular weight is 366 g/mol. The van der Waals surface area contributed by atoms with E-state index in [1.807, 2.05) is 31.2 Å². The fraction of sp³-hybridized carbons (Fsp3) is 0.286. The molecule has 3 rings (SSSR count). The highest BCUT2D eigenvalue weighted by Gasteiger charge is 2.27. The van der Waals surface area contributed by atoms with Crippen LogP contribution < -0.4 is 0 Å². The van der Waals surface area contributed by atoms with Gasteiger partial charge in [0.2, 0.25) is 5.91 Å². The smallest absolute Gasteiger partial charge is 0.336 e. The van der Waals surface area contributed by atoms with E-state index in [0.29, 0.717) is 32.6 Å². The molecular formula is C21H22N2O4. The van der Waals surface area contributed by atoms with Gasteiger partial charge in [0.25, 0.3) is 5.91 Å². The normalized spacial score (nSPS) is 14.1. The molecule has 1 heterocycles. The fourth-order valence-corrected chi connectivity index (χ4v) is 3.27. The third-order valence-electron chi connectivity index (χ3n) is 4.91. The Bertz CT molecular complexity index is 870. The summed E-state index contributed by atoms with van der Waals surface area (Å²) >= 11 is 0. The maximum Gasteiger partial charge on any atom is 0.336 e. The lowest BCUT2D eigenvalue weighted by Crippen LogP contribution is -2.51. The van der Waals surface area contributed by atoms with E-state index in [2.05, 4.69) is 0 Å². The zero-order valence-electron chi connectivity index (χ0n) is 15.2. The number of aryl methyl sites for hydroxylation is 1. The topological polar surface area (TPSA) is 77.9 Å². The van der Waals surface area contributed by atoms with Crippen LogP contribution in [0.3, 0.4) is 0 Å². The van der Waals surface area contributed by atoms with E-state index in [4.69, 9.17) is 0 Å². The van der Waals surface area contributed by atoms with Gasteiger partial charge in [0.15, 0.2) is 0 Å². The molecule has 27 heavy (non-hydrogen) atoms. The molecule has 1 saturated heterocycles. The maximum atomic E-state index is 12.7. The first-order chi connectivity index (χ1) is 13.0. The Morgan fingerprint density at radius 1 is 0.852 bits per heavy atom. The summed E-state index contributed by atoms with van der Waals surface area (Å²) in [6, 6.07) is 14.0.